The molecule has 36 heavy (non-hydrogen) atoms. The lowest BCUT2D eigenvalue weighted by Gasteiger charge is -2.38. The first-order chi connectivity index (χ1) is 16.9. The molecule has 0 saturated carbocycles. The molecule has 0 bridgehead atoms. The van der Waals surface area contributed by atoms with E-state index in [9.17, 15) is 18.3 Å². The summed E-state index contributed by atoms with van der Waals surface area (Å²) in [6.07, 6.45) is 3.66. The van der Waals surface area contributed by atoms with Gasteiger partial charge in [0.1, 0.15) is 10.7 Å². The molecule has 0 radical (unpaired) electrons. The normalized spacial score (nSPS) is 15.3. The van der Waals surface area contributed by atoms with Gasteiger partial charge in [-0.05, 0) is 44.5 Å². The maximum Gasteiger partial charge on any atom is 0.407 e. The summed E-state index contributed by atoms with van der Waals surface area (Å²) in [6.45, 7) is 9.93. The van der Waals surface area contributed by atoms with E-state index in [1.54, 1.807) is 12.4 Å². The third kappa shape index (κ3) is 5.89. The maximum atomic E-state index is 11.7. The van der Waals surface area contributed by atoms with Crippen molar-refractivity contribution in [2.75, 3.05) is 44.2 Å². The highest BCUT2D eigenvalue weighted by molar-refractivity contribution is 7.89. The summed E-state index contributed by atoms with van der Waals surface area (Å²) < 4.78 is 23.4. The van der Waals surface area contributed by atoms with E-state index in [0.717, 1.165) is 43.1 Å². The Balaban J connectivity index is 1.46. The number of piperazine rings is 1. The van der Waals surface area contributed by atoms with Crippen molar-refractivity contribution in [3.63, 3.8) is 0 Å². The zero-order valence-corrected chi connectivity index (χ0v) is 21.4. The quantitative estimate of drug-likeness (QED) is 0.506. The van der Waals surface area contributed by atoms with E-state index < -0.39 is 21.7 Å². The fraction of sp³-hybridized carbons (Fsp3) is 0.417. The summed E-state index contributed by atoms with van der Waals surface area (Å²) in [4.78, 5) is 30.8. The van der Waals surface area contributed by atoms with Gasteiger partial charge in [0.25, 0.3) is 0 Å². The van der Waals surface area contributed by atoms with E-state index in [0.29, 0.717) is 24.2 Å². The molecule has 2 aromatic heterocycles. The molecule has 0 aliphatic carbocycles. The zero-order chi connectivity index (χ0) is 26.1. The predicted molar refractivity (Wildman–Crippen MR) is 137 cm³/mol. The van der Waals surface area contributed by atoms with Crippen LogP contribution in [0, 0.1) is 0 Å². The Morgan fingerprint density at radius 1 is 1.06 bits per heavy atom. The fourth-order valence-electron chi connectivity index (χ4n) is 4.23. The summed E-state index contributed by atoms with van der Waals surface area (Å²) in [5, 5.41) is 14.8. The molecule has 3 aromatic rings. The van der Waals surface area contributed by atoms with Crippen LogP contribution in [0.3, 0.4) is 0 Å². The topological polar surface area (TPSA) is 146 Å². The Kier molecular flexibility index (Phi) is 7.12. The second kappa shape index (κ2) is 9.96. The summed E-state index contributed by atoms with van der Waals surface area (Å²) in [5.41, 5.74) is 2.36. The van der Waals surface area contributed by atoms with Gasteiger partial charge in [0, 0.05) is 62.8 Å². The van der Waals surface area contributed by atoms with Crippen molar-refractivity contribution in [1.29, 1.82) is 0 Å². The largest absolute Gasteiger partial charge is 0.465 e. The third-order valence-electron chi connectivity index (χ3n) is 6.28. The molecular formula is C24H31N7O4S. The van der Waals surface area contributed by atoms with Gasteiger partial charge >= 0.3 is 6.09 Å². The highest BCUT2D eigenvalue weighted by atomic mass is 32.2. The van der Waals surface area contributed by atoms with Gasteiger partial charge in [-0.1, -0.05) is 6.07 Å². The number of pyridine rings is 1. The monoisotopic (exact) mass is 513 g/mol. The van der Waals surface area contributed by atoms with Crippen LogP contribution in [0.25, 0.3) is 22.2 Å². The SMILES string of the molecule is CC(C)(C)N(CCN1CCN(c2cnc3ccc(-c4cncc(S(N)(=O)=O)c4)cc3n2)CC1)C(=O)O. The maximum absolute atomic E-state index is 11.7. The first-order valence-corrected chi connectivity index (χ1v) is 13.2. The molecule has 0 spiro atoms. The van der Waals surface area contributed by atoms with Gasteiger partial charge in [-0.25, -0.2) is 23.3 Å². The average Bonchev–Trinajstić information content (AvgIpc) is 2.82. The number of carboxylic acid groups (broad SMARTS) is 1. The number of amides is 1. The molecular weight excluding hydrogens is 482 g/mol. The summed E-state index contributed by atoms with van der Waals surface area (Å²) in [5.74, 6) is 0.762. The molecule has 3 N–H and O–H groups in total. The van der Waals surface area contributed by atoms with Crippen LogP contribution in [0.5, 0.6) is 0 Å². The highest BCUT2D eigenvalue weighted by Crippen LogP contribution is 2.25. The Labute approximate surface area is 210 Å². The highest BCUT2D eigenvalue weighted by Gasteiger charge is 2.27. The van der Waals surface area contributed by atoms with Crippen LogP contribution in [0.2, 0.25) is 0 Å². The molecule has 0 atom stereocenters. The van der Waals surface area contributed by atoms with E-state index >= 15 is 0 Å². The smallest absolute Gasteiger partial charge is 0.407 e. The molecule has 1 fully saturated rings. The van der Waals surface area contributed by atoms with Crippen LogP contribution < -0.4 is 10.0 Å². The van der Waals surface area contributed by atoms with Crippen LogP contribution >= 0.6 is 0 Å². The van der Waals surface area contributed by atoms with E-state index in [-0.39, 0.29) is 4.90 Å². The van der Waals surface area contributed by atoms with E-state index in [2.05, 4.69) is 19.8 Å². The number of carbonyl (C=O) groups is 1. The van der Waals surface area contributed by atoms with Crippen molar-refractivity contribution in [3.05, 3.63) is 42.9 Å². The fourth-order valence-corrected chi connectivity index (χ4v) is 4.72. The lowest BCUT2D eigenvalue weighted by Crippen LogP contribution is -2.52. The number of nitrogens with two attached hydrogens (primary N) is 1. The Morgan fingerprint density at radius 2 is 1.78 bits per heavy atom. The number of hydrogen-bond donors (Lipinski definition) is 2. The lowest BCUT2D eigenvalue weighted by molar-refractivity contribution is 0.0901. The van der Waals surface area contributed by atoms with Crippen LogP contribution in [0.4, 0.5) is 10.6 Å². The number of sulfonamides is 1. The number of rotatable bonds is 6. The third-order valence-corrected chi connectivity index (χ3v) is 7.16. The van der Waals surface area contributed by atoms with Crippen LogP contribution in [0.15, 0.2) is 47.8 Å². The lowest BCUT2D eigenvalue weighted by atomic mass is 10.1. The number of aromatic nitrogens is 3. The Hall–Kier alpha value is -3.35. The number of anilines is 1. The van der Waals surface area contributed by atoms with E-state index in [4.69, 9.17) is 10.1 Å². The van der Waals surface area contributed by atoms with Crippen LogP contribution in [-0.4, -0.2) is 89.2 Å². The minimum Gasteiger partial charge on any atom is -0.465 e. The number of primary sulfonamides is 1. The molecule has 11 nitrogen and oxygen atoms in total. The van der Waals surface area contributed by atoms with Gasteiger partial charge in [-0.15, -0.1) is 0 Å². The molecule has 3 heterocycles. The summed E-state index contributed by atoms with van der Waals surface area (Å²) in [6, 6.07) is 7.04. The molecule has 1 aliphatic rings. The minimum absolute atomic E-state index is 0.0493. The molecule has 12 heteroatoms. The second-order valence-corrected chi connectivity index (χ2v) is 11.4. The van der Waals surface area contributed by atoms with Gasteiger partial charge in [0.05, 0.1) is 17.2 Å². The van der Waals surface area contributed by atoms with Gasteiger partial charge in [-0.3, -0.25) is 14.9 Å². The standard InChI is InChI=1S/C24H31N7O4S/c1-24(2,3)31(23(32)33)11-8-29-6-9-30(10-7-29)22-16-27-20-5-4-17(13-21(20)28-22)18-12-19(15-26-14-18)36(25,34)35/h4-5,12-16H,6-11H2,1-3H3,(H,32,33)(H2,25,34,35). The molecule has 1 saturated heterocycles. The number of benzene rings is 1. The minimum atomic E-state index is -3.86. The first kappa shape index (κ1) is 25.7. The Morgan fingerprint density at radius 3 is 2.42 bits per heavy atom. The van der Waals surface area contributed by atoms with Crippen molar-refractivity contribution in [3.8, 4) is 11.1 Å². The molecule has 1 aromatic carbocycles. The molecule has 1 aliphatic heterocycles. The average molecular weight is 514 g/mol. The van der Waals surface area contributed by atoms with Crippen LogP contribution in [-0.2, 0) is 10.0 Å². The van der Waals surface area contributed by atoms with Gasteiger partial charge < -0.3 is 14.9 Å². The van der Waals surface area contributed by atoms with Crippen LogP contribution in [0.1, 0.15) is 20.8 Å². The predicted octanol–water partition coefficient (Wildman–Crippen LogP) is 2.24. The van der Waals surface area contributed by atoms with Crippen molar-refractivity contribution in [1.82, 2.24) is 24.8 Å². The number of nitrogens with zero attached hydrogens (tertiary/aromatic N) is 6. The van der Waals surface area contributed by atoms with Gasteiger partial charge in [0.15, 0.2) is 0 Å². The van der Waals surface area contributed by atoms with Crippen molar-refractivity contribution >= 4 is 33.0 Å². The summed E-state index contributed by atoms with van der Waals surface area (Å²) in [7, 11) is -3.86. The van der Waals surface area contributed by atoms with Crippen molar-refractivity contribution in [2.45, 2.75) is 31.2 Å². The Bertz CT molecular complexity index is 1370. The van der Waals surface area contributed by atoms with E-state index in [1.807, 2.05) is 39.0 Å². The van der Waals surface area contributed by atoms with Gasteiger partial charge in [-0.2, -0.15) is 0 Å². The van der Waals surface area contributed by atoms with E-state index in [1.165, 1.54) is 17.2 Å². The van der Waals surface area contributed by atoms with Crippen molar-refractivity contribution in [2.24, 2.45) is 5.14 Å². The zero-order valence-electron chi connectivity index (χ0n) is 20.6. The molecule has 1 amide bonds. The number of hydrogen-bond acceptors (Lipinski definition) is 8. The number of fused-ring (bicyclic) bond motifs is 1. The summed E-state index contributed by atoms with van der Waals surface area (Å²) >= 11 is 0. The molecule has 0 unspecified atom stereocenters. The van der Waals surface area contributed by atoms with Gasteiger partial charge in [0.2, 0.25) is 10.0 Å². The molecule has 4 rings (SSSR count). The first-order valence-electron chi connectivity index (χ1n) is 11.6. The molecule has 192 valence electrons. The second-order valence-electron chi connectivity index (χ2n) is 9.82. The van der Waals surface area contributed by atoms with Crippen molar-refractivity contribution < 1.29 is 18.3 Å².